The molecule has 2 amide bonds. The number of carbonyl (C=O) groups is 2. The second-order valence-electron chi connectivity index (χ2n) is 12.0. The van der Waals surface area contributed by atoms with Crippen LogP contribution in [0.1, 0.15) is 45.7 Å². The maximum atomic E-state index is 13.8. The molecule has 9 nitrogen and oxygen atoms in total. The number of carbonyl (C=O) groups excluding carboxylic acids is 2. The van der Waals surface area contributed by atoms with Gasteiger partial charge in [0.1, 0.15) is 6.04 Å². The lowest BCUT2D eigenvalue weighted by Crippen LogP contribution is -2.59. The zero-order valence-electron chi connectivity index (χ0n) is 25.5. The predicted molar refractivity (Wildman–Crippen MR) is 164 cm³/mol. The third-order valence-corrected chi connectivity index (χ3v) is 7.93. The van der Waals surface area contributed by atoms with E-state index in [1.165, 1.54) is 17.7 Å². The second kappa shape index (κ2) is 16.0. The minimum Gasteiger partial charge on any atom is -0.378 e. The number of hydrogen-bond donors (Lipinski definition) is 3. The molecule has 0 aliphatic heterocycles. The lowest BCUT2D eigenvalue weighted by molar-refractivity contribution is -0.132. The molecule has 3 atom stereocenters. The Labute approximate surface area is 246 Å². The molecule has 2 aromatic carbocycles. The number of nitrogens with zero attached hydrogens (tertiary/aromatic N) is 1. The van der Waals surface area contributed by atoms with Gasteiger partial charge in [-0.25, -0.2) is 8.42 Å². The summed E-state index contributed by atoms with van der Waals surface area (Å²) in [4.78, 5) is 26.6. The Hall–Kier alpha value is -2.79. The molecule has 0 fully saturated rings. The Morgan fingerprint density at radius 3 is 1.95 bits per heavy atom. The first kappa shape index (κ1) is 34.4. The van der Waals surface area contributed by atoms with Crippen molar-refractivity contribution in [2.24, 2.45) is 11.3 Å². The highest BCUT2D eigenvalue weighted by molar-refractivity contribution is 7.88. The van der Waals surface area contributed by atoms with Crippen molar-refractivity contribution in [2.75, 3.05) is 33.0 Å². The van der Waals surface area contributed by atoms with Crippen molar-refractivity contribution in [1.29, 1.82) is 0 Å². The molecule has 41 heavy (non-hydrogen) atoms. The molecule has 0 radical (unpaired) electrons. The van der Waals surface area contributed by atoms with Gasteiger partial charge < -0.3 is 20.7 Å². The van der Waals surface area contributed by atoms with E-state index in [0.29, 0.717) is 19.5 Å². The van der Waals surface area contributed by atoms with E-state index in [2.05, 4.69) is 16.0 Å². The smallest absolute Gasteiger partial charge is 0.243 e. The second-order valence-corrected chi connectivity index (χ2v) is 14.0. The summed E-state index contributed by atoms with van der Waals surface area (Å²) >= 11 is 0. The van der Waals surface area contributed by atoms with Crippen LogP contribution in [0.25, 0.3) is 0 Å². The molecule has 0 heterocycles. The van der Waals surface area contributed by atoms with E-state index in [9.17, 15) is 18.0 Å². The lowest BCUT2D eigenvalue weighted by atomic mass is 9.85. The fraction of sp³-hybridized carbons (Fsp3) is 0.548. The summed E-state index contributed by atoms with van der Waals surface area (Å²) < 4.78 is 32.4. The van der Waals surface area contributed by atoms with Crippen LogP contribution in [-0.2, 0) is 37.3 Å². The van der Waals surface area contributed by atoms with Gasteiger partial charge in [0.2, 0.25) is 21.8 Å². The molecule has 2 rings (SSSR count). The molecular formula is C31H48N4O5S. The summed E-state index contributed by atoms with van der Waals surface area (Å²) in [6, 6.07) is 18.0. The van der Waals surface area contributed by atoms with Crippen molar-refractivity contribution in [2.45, 2.75) is 65.8 Å². The van der Waals surface area contributed by atoms with Crippen LogP contribution >= 0.6 is 0 Å². The quantitative estimate of drug-likeness (QED) is 0.278. The molecule has 0 spiro atoms. The maximum Gasteiger partial charge on any atom is 0.243 e. The van der Waals surface area contributed by atoms with E-state index in [0.717, 1.165) is 11.1 Å². The molecule has 0 saturated carbocycles. The number of benzene rings is 2. The Morgan fingerprint density at radius 2 is 1.46 bits per heavy atom. The van der Waals surface area contributed by atoms with Crippen LogP contribution in [0.3, 0.4) is 0 Å². The first-order chi connectivity index (χ1) is 19.2. The number of methoxy groups -OCH3 is 1. The topological polar surface area (TPSA) is 117 Å². The van der Waals surface area contributed by atoms with Crippen LogP contribution < -0.4 is 16.0 Å². The molecule has 0 saturated heterocycles. The van der Waals surface area contributed by atoms with Crippen LogP contribution in [-0.4, -0.2) is 75.7 Å². The zero-order valence-corrected chi connectivity index (χ0v) is 26.3. The van der Waals surface area contributed by atoms with Crippen LogP contribution in [0.4, 0.5) is 0 Å². The fourth-order valence-electron chi connectivity index (χ4n) is 4.53. The average Bonchev–Trinajstić information content (AvgIpc) is 2.89. The Kier molecular flexibility index (Phi) is 13.4. The number of nitrogens with one attached hydrogen (secondary N) is 3. The third kappa shape index (κ3) is 12.3. The predicted octanol–water partition coefficient (Wildman–Crippen LogP) is 2.97. The van der Waals surface area contributed by atoms with Crippen molar-refractivity contribution in [3.05, 3.63) is 71.8 Å². The van der Waals surface area contributed by atoms with Crippen molar-refractivity contribution >= 4 is 21.8 Å². The summed E-state index contributed by atoms with van der Waals surface area (Å²) in [5.74, 6) is -0.536. The summed E-state index contributed by atoms with van der Waals surface area (Å²) in [6.45, 7) is 10.6. The van der Waals surface area contributed by atoms with Gasteiger partial charge in [-0.2, -0.15) is 4.31 Å². The van der Waals surface area contributed by atoms with Gasteiger partial charge in [-0.1, -0.05) is 95.3 Å². The number of ether oxygens (including phenoxy) is 1. The minimum atomic E-state index is -3.51. The summed E-state index contributed by atoms with van der Waals surface area (Å²) in [7, 11) is -1.99. The molecule has 10 heteroatoms. The van der Waals surface area contributed by atoms with Crippen molar-refractivity contribution in [1.82, 2.24) is 20.3 Å². The van der Waals surface area contributed by atoms with E-state index in [4.69, 9.17) is 4.74 Å². The first-order valence-corrected chi connectivity index (χ1v) is 15.9. The lowest BCUT2D eigenvalue weighted by Gasteiger charge is -2.35. The molecule has 0 unspecified atom stereocenters. The number of sulfonamides is 1. The minimum absolute atomic E-state index is 0.0570. The largest absolute Gasteiger partial charge is 0.378 e. The number of amides is 2. The summed E-state index contributed by atoms with van der Waals surface area (Å²) in [5, 5.41) is 9.12. The highest BCUT2D eigenvalue weighted by atomic mass is 32.2. The van der Waals surface area contributed by atoms with Crippen molar-refractivity contribution < 1.29 is 22.7 Å². The monoisotopic (exact) mass is 588 g/mol. The maximum absolute atomic E-state index is 13.8. The van der Waals surface area contributed by atoms with Crippen LogP contribution in [0, 0.1) is 11.3 Å². The normalized spacial score (nSPS) is 14.5. The van der Waals surface area contributed by atoms with Gasteiger partial charge >= 0.3 is 0 Å². The fourth-order valence-corrected chi connectivity index (χ4v) is 5.52. The standard InChI is InChI=1S/C31H48N4O5S/c1-23(2)21-35(41(7,38)39)22-27(40-6)26(18-24-14-10-8-11-15-24)33-30(37)29(31(3,4)5)34-28(36)20-32-19-25-16-12-9-13-17-25/h8-17,23,26-27,29,32H,18-22H2,1-7H3,(H,33,37)(H,34,36)/t26-,27+,29+/m0/s1. The third-order valence-electron chi connectivity index (χ3n) is 6.69. The Balaban J connectivity index is 2.23. The van der Waals surface area contributed by atoms with Gasteiger partial charge in [0.25, 0.3) is 0 Å². The highest BCUT2D eigenvalue weighted by Crippen LogP contribution is 2.21. The van der Waals surface area contributed by atoms with E-state index >= 15 is 0 Å². The highest BCUT2D eigenvalue weighted by Gasteiger charge is 2.36. The van der Waals surface area contributed by atoms with Gasteiger partial charge in [-0.15, -0.1) is 0 Å². The van der Waals surface area contributed by atoms with Gasteiger partial charge in [-0.05, 0) is 28.9 Å². The van der Waals surface area contributed by atoms with Gasteiger partial charge in [0.15, 0.2) is 0 Å². The van der Waals surface area contributed by atoms with E-state index in [-0.39, 0.29) is 30.8 Å². The van der Waals surface area contributed by atoms with Gasteiger partial charge in [0.05, 0.1) is 24.9 Å². The molecular weight excluding hydrogens is 540 g/mol. The number of hydrogen-bond acceptors (Lipinski definition) is 6. The average molecular weight is 589 g/mol. The Bertz CT molecular complexity index is 1180. The molecule has 228 valence electrons. The van der Waals surface area contributed by atoms with Crippen molar-refractivity contribution in [3.8, 4) is 0 Å². The van der Waals surface area contributed by atoms with Crippen LogP contribution in [0.15, 0.2) is 60.7 Å². The molecule has 2 aromatic rings. The molecule has 0 aliphatic carbocycles. The van der Waals surface area contributed by atoms with Crippen LogP contribution in [0.5, 0.6) is 0 Å². The molecule has 0 aromatic heterocycles. The molecule has 3 N–H and O–H groups in total. The van der Waals surface area contributed by atoms with E-state index < -0.39 is 33.6 Å². The first-order valence-electron chi connectivity index (χ1n) is 14.1. The number of rotatable bonds is 16. The summed E-state index contributed by atoms with van der Waals surface area (Å²) in [5.41, 5.74) is 1.44. The van der Waals surface area contributed by atoms with Crippen LogP contribution in [0.2, 0.25) is 0 Å². The molecule has 0 aliphatic rings. The van der Waals surface area contributed by atoms with E-state index in [1.807, 2.05) is 95.3 Å². The zero-order chi connectivity index (χ0) is 30.6. The van der Waals surface area contributed by atoms with Crippen molar-refractivity contribution in [3.63, 3.8) is 0 Å². The van der Waals surface area contributed by atoms with Gasteiger partial charge in [-0.3, -0.25) is 9.59 Å². The summed E-state index contributed by atoms with van der Waals surface area (Å²) in [6.07, 6.45) is 0.981. The van der Waals surface area contributed by atoms with Gasteiger partial charge in [0, 0.05) is 26.7 Å². The van der Waals surface area contributed by atoms with E-state index in [1.54, 1.807) is 0 Å². The molecule has 0 bridgehead atoms. The SMILES string of the molecule is CO[C@H](CN(CC(C)C)S(C)(=O)=O)[C@H](Cc1ccccc1)NC(=O)[C@@H](NC(=O)CNCc1ccccc1)C(C)(C)C. The Morgan fingerprint density at radius 1 is 0.902 bits per heavy atom.